The van der Waals surface area contributed by atoms with Crippen LogP contribution < -0.4 is 10.2 Å². The van der Waals surface area contributed by atoms with Crippen molar-refractivity contribution in [1.82, 2.24) is 15.5 Å². The van der Waals surface area contributed by atoms with Crippen molar-refractivity contribution in [3.05, 3.63) is 83.0 Å². The minimum Gasteiger partial charge on any atom is -0.347 e. The number of benzene rings is 2. The topological polar surface area (TPSA) is 58.1 Å². The van der Waals surface area contributed by atoms with E-state index in [1.807, 2.05) is 60.4 Å². The number of aromatic nitrogens is 2. The highest BCUT2D eigenvalue weighted by Crippen LogP contribution is 2.22. The van der Waals surface area contributed by atoms with Gasteiger partial charge in [0.25, 0.3) is 5.91 Å². The van der Waals surface area contributed by atoms with Crippen LogP contribution in [0.3, 0.4) is 0 Å². The number of carbonyl (C=O) groups is 1. The van der Waals surface area contributed by atoms with Crippen LogP contribution in [0.15, 0.2) is 66.7 Å². The van der Waals surface area contributed by atoms with E-state index >= 15 is 0 Å². The highest BCUT2D eigenvalue weighted by atomic mass is 35.5. The molecule has 26 heavy (non-hydrogen) atoms. The quantitative estimate of drug-likeness (QED) is 0.709. The molecule has 0 unspecified atom stereocenters. The molecule has 1 heterocycles. The van der Waals surface area contributed by atoms with Crippen LogP contribution in [0.1, 0.15) is 23.0 Å². The summed E-state index contributed by atoms with van der Waals surface area (Å²) in [5.41, 5.74) is 2.15. The van der Waals surface area contributed by atoms with Crippen molar-refractivity contribution in [2.45, 2.75) is 13.5 Å². The molecule has 0 atom stereocenters. The first-order valence-electron chi connectivity index (χ1n) is 8.37. The lowest BCUT2D eigenvalue weighted by Crippen LogP contribution is -2.25. The number of hydrogen-bond acceptors (Lipinski definition) is 4. The van der Waals surface area contributed by atoms with Crippen LogP contribution in [-0.2, 0) is 6.54 Å². The van der Waals surface area contributed by atoms with Gasteiger partial charge in [-0.1, -0.05) is 48.0 Å². The van der Waals surface area contributed by atoms with E-state index in [9.17, 15) is 4.79 Å². The molecule has 0 saturated carbocycles. The van der Waals surface area contributed by atoms with E-state index in [0.717, 1.165) is 17.8 Å². The minimum atomic E-state index is -0.285. The van der Waals surface area contributed by atoms with Gasteiger partial charge in [0.2, 0.25) is 0 Å². The Labute approximate surface area is 157 Å². The first-order chi connectivity index (χ1) is 12.7. The van der Waals surface area contributed by atoms with Gasteiger partial charge >= 0.3 is 0 Å². The molecule has 0 radical (unpaired) electrons. The zero-order chi connectivity index (χ0) is 18.4. The molecule has 3 rings (SSSR count). The first kappa shape index (κ1) is 17.9. The molecule has 1 amide bonds. The Kier molecular flexibility index (Phi) is 5.81. The van der Waals surface area contributed by atoms with Crippen LogP contribution in [0.5, 0.6) is 0 Å². The summed E-state index contributed by atoms with van der Waals surface area (Å²) in [5, 5.41) is 11.7. The second-order valence-electron chi connectivity index (χ2n) is 5.63. The largest absolute Gasteiger partial charge is 0.347 e. The fourth-order valence-electron chi connectivity index (χ4n) is 2.58. The van der Waals surface area contributed by atoms with Gasteiger partial charge in [0.15, 0.2) is 11.5 Å². The number of rotatable bonds is 6. The summed E-state index contributed by atoms with van der Waals surface area (Å²) < 4.78 is 0. The smallest absolute Gasteiger partial charge is 0.272 e. The van der Waals surface area contributed by atoms with Crippen molar-refractivity contribution < 1.29 is 4.79 Å². The van der Waals surface area contributed by atoms with Gasteiger partial charge in [0, 0.05) is 23.8 Å². The van der Waals surface area contributed by atoms with Crippen molar-refractivity contribution in [2.75, 3.05) is 11.4 Å². The molecule has 0 bridgehead atoms. The van der Waals surface area contributed by atoms with E-state index in [1.54, 1.807) is 18.2 Å². The summed E-state index contributed by atoms with van der Waals surface area (Å²) >= 11 is 6.10. The van der Waals surface area contributed by atoms with Gasteiger partial charge in [0.05, 0.1) is 0 Å². The number of anilines is 2. The summed E-state index contributed by atoms with van der Waals surface area (Å²) in [6.07, 6.45) is 0. The molecule has 6 heteroatoms. The second-order valence-corrected chi connectivity index (χ2v) is 6.04. The maximum Gasteiger partial charge on any atom is 0.272 e. The Morgan fingerprint density at radius 3 is 2.38 bits per heavy atom. The van der Waals surface area contributed by atoms with Crippen LogP contribution in [0, 0.1) is 0 Å². The van der Waals surface area contributed by atoms with Crippen molar-refractivity contribution in [3.8, 4) is 0 Å². The molecule has 1 aromatic heterocycles. The predicted molar refractivity (Wildman–Crippen MR) is 104 cm³/mol. The van der Waals surface area contributed by atoms with Crippen LogP contribution >= 0.6 is 11.6 Å². The summed E-state index contributed by atoms with van der Waals surface area (Å²) in [6, 6.07) is 20.8. The molecule has 132 valence electrons. The van der Waals surface area contributed by atoms with Crippen LogP contribution in [0.25, 0.3) is 0 Å². The maximum atomic E-state index is 12.3. The number of nitrogens with zero attached hydrogens (tertiary/aromatic N) is 3. The zero-order valence-corrected chi connectivity index (χ0v) is 15.1. The third kappa shape index (κ3) is 4.18. The normalized spacial score (nSPS) is 10.4. The molecule has 0 fully saturated rings. The number of nitrogens with one attached hydrogen (secondary N) is 1. The third-order valence-corrected chi connectivity index (χ3v) is 4.31. The lowest BCUT2D eigenvalue weighted by atomic mass is 10.2. The molecular formula is C20H19ClN4O. The molecule has 0 saturated heterocycles. The zero-order valence-electron chi connectivity index (χ0n) is 14.4. The SMILES string of the molecule is CCN(c1ccccc1)c1ccc(C(=O)NCc2ccccc2Cl)nn1. The van der Waals surface area contributed by atoms with Gasteiger partial charge in [0.1, 0.15) is 0 Å². The van der Waals surface area contributed by atoms with Crippen LogP contribution in [-0.4, -0.2) is 22.6 Å². The van der Waals surface area contributed by atoms with Crippen molar-refractivity contribution >= 4 is 29.0 Å². The Bertz CT molecular complexity index is 868. The maximum absolute atomic E-state index is 12.3. The molecule has 2 aromatic carbocycles. The van der Waals surface area contributed by atoms with Crippen molar-refractivity contribution in [2.24, 2.45) is 0 Å². The molecule has 5 nitrogen and oxygen atoms in total. The first-order valence-corrected chi connectivity index (χ1v) is 8.74. The molecular weight excluding hydrogens is 348 g/mol. The molecule has 1 N–H and O–H groups in total. The molecule has 0 aliphatic rings. The third-order valence-electron chi connectivity index (χ3n) is 3.94. The van der Waals surface area contributed by atoms with Crippen molar-refractivity contribution in [1.29, 1.82) is 0 Å². The Hall–Kier alpha value is -2.92. The number of hydrogen-bond donors (Lipinski definition) is 1. The van der Waals surface area contributed by atoms with E-state index in [1.165, 1.54) is 0 Å². The fraction of sp³-hybridized carbons (Fsp3) is 0.150. The summed E-state index contributed by atoms with van der Waals surface area (Å²) in [5.74, 6) is 0.410. The van der Waals surface area contributed by atoms with E-state index < -0.39 is 0 Å². The number of para-hydroxylation sites is 1. The molecule has 0 aliphatic heterocycles. The lowest BCUT2D eigenvalue weighted by molar-refractivity contribution is 0.0945. The number of carbonyl (C=O) groups excluding carboxylic acids is 1. The molecule has 0 spiro atoms. The standard InChI is InChI=1S/C20H19ClN4O/c1-2-25(16-9-4-3-5-10-16)19-13-12-18(23-24-19)20(26)22-14-15-8-6-7-11-17(15)21/h3-13H,2,14H2,1H3,(H,22,26). The monoisotopic (exact) mass is 366 g/mol. The average Bonchev–Trinajstić information content (AvgIpc) is 2.69. The van der Waals surface area contributed by atoms with Gasteiger partial charge in [-0.25, -0.2) is 0 Å². The van der Waals surface area contributed by atoms with Gasteiger partial charge in [-0.15, -0.1) is 10.2 Å². The van der Waals surface area contributed by atoms with Gasteiger partial charge in [-0.3, -0.25) is 4.79 Å². The highest BCUT2D eigenvalue weighted by Gasteiger charge is 2.12. The summed E-state index contributed by atoms with van der Waals surface area (Å²) in [4.78, 5) is 14.3. The van der Waals surface area contributed by atoms with Gasteiger partial charge in [-0.05, 0) is 42.8 Å². The molecule has 3 aromatic rings. The Morgan fingerprint density at radius 1 is 1.00 bits per heavy atom. The lowest BCUT2D eigenvalue weighted by Gasteiger charge is -2.21. The average molecular weight is 367 g/mol. The van der Waals surface area contributed by atoms with Crippen LogP contribution in [0.4, 0.5) is 11.5 Å². The van der Waals surface area contributed by atoms with Crippen LogP contribution in [0.2, 0.25) is 5.02 Å². The molecule has 0 aliphatic carbocycles. The Morgan fingerprint density at radius 2 is 1.73 bits per heavy atom. The predicted octanol–water partition coefficient (Wildman–Crippen LogP) is 4.22. The van der Waals surface area contributed by atoms with E-state index in [0.29, 0.717) is 17.4 Å². The summed E-state index contributed by atoms with van der Waals surface area (Å²) in [6.45, 7) is 3.13. The summed E-state index contributed by atoms with van der Waals surface area (Å²) in [7, 11) is 0. The van der Waals surface area contributed by atoms with E-state index in [2.05, 4.69) is 15.5 Å². The highest BCUT2D eigenvalue weighted by molar-refractivity contribution is 6.31. The minimum absolute atomic E-state index is 0.268. The number of amides is 1. The van der Waals surface area contributed by atoms with E-state index in [-0.39, 0.29) is 11.6 Å². The number of halogens is 1. The fourth-order valence-corrected chi connectivity index (χ4v) is 2.79. The van der Waals surface area contributed by atoms with E-state index in [4.69, 9.17) is 11.6 Å². The van der Waals surface area contributed by atoms with Gasteiger partial charge in [-0.2, -0.15) is 0 Å². The Balaban J connectivity index is 1.68. The van der Waals surface area contributed by atoms with Crippen molar-refractivity contribution in [3.63, 3.8) is 0 Å². The van der Waals surface area contributed by atoms with Gasteiger partial charge < -0.3 is 10.2 Å². The second kappa shape index (κ2) is 8.45.